The third kappa shape index (κ3) is 1.49. The highest BCUT2D eigenvalue weighted by atomic mass is 79.9. The van der Waals surface area contributed by atoms with Gasteiger partial charge >= 0.3 is 5.97 Å². The van der Waals surface area contributed by atoms with Crippen molar-refractivity contribution >= 4 is 37.8 Å². The zero-order chi connectivity index (χ0) is 11.2. The number of fused-ring (bicyclic) bond motifs is 1. The van der Waals surface area contributed by atoms with Gasteiger partial charge in [-0.05, 0) is 29.8 Å². The van der Waals surface area contributed by atoms with Crippen molar-refractivity contribution in [3.63, 3.8) is 0 Å². The lowest BCUT2D eigenvalue weighted by atomic mass is 10.2. The van der Waals surface area contributed by atoms with E-state index in [4.69, 9.17) is 5.11 Å². The van der Waals surface area contributed by atoms with Gasteiger partial charge in [-0.3, -0.25) is 0 Å². The molecule has 78 valence electrons. The standard InChI is InChI=1S/C9H5BrO4S/c10-6-1-2-7-5(3-6)4-8(9(11)12)15(7,13)14/h1-4H,(H,11,12). The van der Waals surface area contributed by atoms with Gasteiger partial charge in [0, 0.05) is 4.47 Å². The average molecular weight is 289 g/mol. The molecule has 6 heteroatoms. The van der Waals surface area contributed by atoms with E-state index < -0.39 is 20.7 Å². The molecule has 1 heterocycles. The van der Waals surface area contributed by atoms with E-state index in [-0.39, 0.29) is 4.90 Å². The van der Waals surface area contributed by atoms with Gasteiger partial charge in [0.05, 0.1) is 4.90 Å². The molecule has 0 aliphatic carbocycles. The summed E-state index contributed by atoms with van der Waals surface area (Å²) in [7, 11) is -3.82. The van der Waals surface area contributed by atoms with Crippen LogP contribution in [-0.2, 0) is 14.6 Å². The number of sulfone groups is 1. The highest BCUT2D eigenvalue weighted by Gasteiger charge is 2.34. The lowest BCUT2D eigenvalue weighted by Crippen LogP contribution is -2.09. The Labute approximate surface area is 94.3 Å². The summed E-state index contributed by atoms with van der Waals surface area (Å²) in [6.07, 6.45) is 1.16. The van der Waals surface area contributed by atoms with E-state index in [9.17, 15) is 13.2 Å². The predicted molar refractivity (Wildman–Crippen MR) is 56.9 cm³/mol. The summed E-state index contributed by atoms with van der Waals surface area (Å²) in [4.78, 5) is 10.2. The van der Waals surface area contributed by atoms with Crippen LogP contribution >= 0.6 is 15.9 Å². The van der Waals surface area contributed by atoms with Crippen molar-refractivity contribution in [1.29, 1.82) is 0 Å². The van der Waals surface area contributed by atoms with Crippen LogP contribution in [0.3, 0.4) is 0 Å². The van der Waals surface area contributed by atoms with Crippen molar-refractivity contribution in [2.45, 2.75) is 4.90 Å². The van der Waals surface area contributed by atoms with Gasteiger partial charge in [-0.15, -0.1) is 0 Å². The molecule has 1 aliphatic heterocycles. The molecule has 0 saturated carbocycles. The number of hydrogen-bond donors (Lipinski definition) is 1. The van der Waals surface area contributed by atoms with Crippen LogP contribution in [0.5, 0.6) is 0 Å². The summed E-state index contributed by atoms with van der Waals surface area (Å²) in [5.74, 6) is -1.43. The van der Waals surface area contributed by atoms with Crippen LogP contribution in [-0.4, -0.2) is 19.5 Å². The topological polar surface area (TPSA) is 71.4 Å². The van der Waals surface area contributed by atoms with Gasteiger partial charge in [-0.1, -0.05) is 15.9 Å². The van der Waals surface area contributed by atoms with Crippen molar-refractivity contribution in [3.8, 4) is 0 Å². The fourth-order valence-electron chi connectivity index (χ4n) is 1.39. The average Bonchev–Trinajstić information content (AvgIpc) is 2.37. The van der Waals surface area contributed by atoms with E-state index in [1.807, 2.05) is 0 Å². The second-order valence-electron chi connectivity index (χ2n) is 3.00. The minimum Gasteiger partial charge on any atom is -0.477 e. The fourth-order valence-corrected chi connectivity index (χ4v) is 3.19. The number of carboxylic acids is 1. The van der Waals surface area contributed by atoms with Gasteiger partial charge in [0.2, 0.25) is 9.84 Å². The Morgan fingerprint density at radius 2 is 2.00 bits per heavy atom. The monoisotopic (exact) mass is 288 g/mol. The normalized spacial score (nSPS) is 17.0. The Morgan fingerprint density at radius 3 is 2.60 bits per heavy atom. The van der Waals surface area contributed by atoms with E-state index >= 15 is 0 Å². The smallest absolute Gasteiger partial charge is 0.347 e. The number of halogens is 1. The van der Waals surface area contributed by atoms with E-state index in [1.165, 1.54) is 6.07 Å². The maximum Gasteiger partial charge on any atom is 0.347 e. The molecular formula is C9H5BrO4S. The quantitative estimate of drug-likeness (QED) is 0.853. The lowest BCUT2D eigenvalue weighted by molar-refractivity contribution is -0.131. The van der Waals surface area contributed by atoms with Crippen LogP contribution < -0.4 is 0 Å². The summed E-state index contributed by atoms with van der Waals surface area (Å²) in [5.41, 5.74) is 0.404. The van der Waals surface area contributed by atoms with Crippen molar-refractivity contribution < 1.29 is 18.3 Å². The second-order valence-corrected chi connectivity index (χ2v) is 5.80. The van der Waals surface area contributed by atoms with E-state index in [1.54, 1.807) is 12.1 Å². The number of aliphatic carboxylic acids is 1. The van der Waals surface area contributed by atoms with Crippen molar-refractivity contribution in [3.05, 3.63) is 33.1 Å². The molecule has 1 N–H and O–H groups in total. The molecule has 0 fully saturated rings. The SMILES string of the molecule is O=C(O)C1=Cc2cc(Br)ccc2S1(=O)=O. The molecule has 0 saturated heterocycles. The first kappa shape index (κ1) is 10.4. The van der Waals surface area contributed by atoms with Gasteiger partial charge in [-0.25, -0.2) is 13.2 Å². The van der Waals surface area contributed by atoms with Gasteiger partial charge in [0.1, 0.15) is 0 Å². The van der Waals surface area contributed by atoms with E-state index in [2.05, 4.69) is 15.9 Å². The number of rotatable bonds is 1. The molecule has 0 amide bonds. The molecule has 0 bridgehead atoms. The molecule has 1 aromatic carbocycles. The summed E-state index contributed by atoms with van der Waals surface area (Å²) < 4.78 is 24.1. The molecule has 0 aromatic heterocycles. The third-order valence-electron chi connectivity index (χ3n) is 2.05. The van der Waals surface area contributed by atoms with Crippen LogP contribution in [0.25, 0.3) is 6.08 Å². The van der Waals surface area contributed by atoms with Crippen LogP contribution in [0, 0.1) is 0 Å². The van der Waals surface area contributed by atoms with Gasteiger partial charge in [0.25, 0.3) is 0 Å². The van der Waals surface area contributed by atoms with Crippen molar-refractivity contribution in [1.82, 2.24) is 0 Å². The lowest BCUT2D eigenvalue weighted by Gasteiger charge is -1.99. The third-order valence-corrected chi connectivity index (χ3v) is 4.36. The van der Waals surface area contributed by atoms with Gasteiger partial charge in [0.15, 0.2) is 4.91 Å². The van der Waals surface area contributed by atoms with E-state index in [0.717, 1.165) is 6.08 Å². The fraction of sp³-hybridized carbons (Fsp3) is 0. The van der Waals surface area contributed by atoms with Crippen molar-refractivity contribution in [2.75, 3.05) is 0 Å². The molecule has 0 atom stereocenters. The zero-order valence-electron chi connectivity index (χ0n) is 7.27. The highest BCUT2D eigenvalue weighted by Crippen LogP contribution is 2.34. The Kier molecular flexibility index (Phi) is 2.20. The number of benzene rings is 1. The molecule has 0 spiro atoms. The first-order valence-electron chi connectivity index (χ1n) is 3.92. The maximum atomic E-state index is 11.7. The first-order chi connectivity index (χ1) is 6.93. The van der Waals surface area contributed by atoms with Crippen LogP contribution in [0.4, 0.5) is 0 Å². The second kappa shape index (κ2) is 3.18. The Balaban J connectivity index is 2.74. The number of carbonyl (C=O) groups is 1. The minimum atomic E-state index is -3.82. The molecule has 2 rings (SSSR count). The number of carboxylic acid groups (broad SMARTS) is 1. The zero-order valence-corrected chi connectivity index (χ0v) is 9.67. The minimum absolute atomic E-state index is 0.0445. The van der Waals surface area contributed by atoms with Crippen LogP contribution in [0.2, 0.25) is 0 Å². The summed E-state index contributed by atoms with van der Waals surface area (Å²) in [5, 5.41) is 8.73. The summed E-state index contributed by atoms with van der Waals surface area (Å²) in [6.45, 7) is 0. The molecular weight excluding hydrogens is 284 g/mol. The molecule has 1 aromatic rings. The molecule has 0 unspecified atom stereocenters. The van der Waals surface area contributed by atoms with E-state index in [0.29, 0.717) is 10.0 Å². The molecule has 0 radical (unpaired) electrons. The maximum absolute atomic E-state index is 11.7. The van der Waals surface area contributed by atoms with Gasteiger partial charge < -0.3 is 5.11 Å². The van der Waals surface area contributed by atoms with Gasteiger partial charge in [-0.2, -0.15) is 0 Å². The Morgan fingerprint density at radius 1 is 1.33 bits per heavy atom. The first-order valence-corrected chi connectivity index (χ1v) is 6.20. The Hall–Kier alpha value is -1.14. The predicted octanol–water partition coefficient (Wildman–Crippen LogP) is 1.66. The molecule has 4 nitrogen and oxygen atoms in total. The van der Waals surface area contributed by atoms with Crippen LogP contribution in [0.1, 0.15) is 5.56 Å². The van der Waals surface area contributed by atoms with Crippen molar-refractivity contribution in [2.24, 2.45) is 0 Å². The summed E-state index contributed by atoms with van der Waals surface area (Å²) in [6, 6.07) is 4.53. The highest BCUT2D eigenvalue weighted by molar-refractivity contribution is 9.10. The molecule has 15 heavy (non-hydrogen) atoms. The number of hydrogen-bond acceptors (Lipinski definition) is 3. The van der Waals surface area contributed by atoms with Crippen LogP contribution in [0.15, 0.2) is 32.5 Å². The Bertz CT molecular complexity index is 586. The molecule has 1 aliphatic rings. The largest absolute Gasteiger partial charge is 0.477 e. The summed E-state index contributed by atoms with van der Waals surface area (Å²) >= 11 is 3.19.